The number of fused-ring (bicyclic) bond motifs is 1. The Labute approximate surface area is 217 Å². The van der Waals surface area contributed by atoms with Crippen molar-refractivity contribution in [3.8, 4) is 0 Å². The molecule has 2 saturated heterocycles. The Bertz CT molecular complexity index is 1390. The number of benzene rings is 2. The number of thiocarbonyl (C=S) groups is 1. The fourth-order valence-corrected chi connectivity index (χ4v) is 5.05. The minimum atomic E-state index is -0.210. The Kier molecular flexibility index (Phi) is 6.48. The van der Waals surface area contributed by atoms with Crippen molar-refractivity contribution in [2.75, 3.05) is 31.2 Å². The number of hydrogen-bond donors (Lipinski definition) is 1. The molecular weight excluding hydrogens is 528 g/mol. The molecule has 0 saturated carbocycles. The lowest BCUT2D eigenvalue weighted by molar-refractivity contribution is -0.135. The van der Waals surface area contributed by atoms with Gasteiger partial charge in [-0.15, -0.1) is 0 Å². The van der Waals surface area contributed by atoms with E-state index in [0.29, 0.717) is 37.1 Å². The van der Waals surface area contributed by atoms with Crippen LogP contribution in [0.25, 0.3) is 17.0 Å². The SMILES string of the molecule is Cc1ccc(N2C(=O)/C(=C/c3cn(CC(=O)N4CCOCC4)c4ccc(Br)cc34)NC2=S)cc1C. The average molecular weight is 553 g/mol. The number of rotatable bonds is 4. The smallest absolute Gasteiger partial charge is 0.281 e. The van der Waals surface area contributed by atoms with Crippen LogP contribution >= 0.6 is 28.1 Å². The molecule has 5 rings (SSSR count). The highest BCUT2D eigenvalue weighted by Gasteiger charge is 2.32. The minimum Gasteiger partial charge on any atom is -0.378 e. The molecule has 2 amide bonds. The summed E-state index contributed by atoms with van der Waals surface area (Å²) in [5.74, 6) is -0.164. The summed E-state index contributed by atoms with van der Waals surface area (Å²) in [7, 11) is 0. The van der Waals surface area contributed by atoms with Gasteiger partial charge in [0, 0.05) is 40.2 Å². The van der Waals surface area contributed by atoms with Crippen molar-refractivity contribution >= 4 is 67.7 Å². The number of carbonyl (C=O) groups is 2. The van der Waals surface area contributed by atoms with E-state index in [2.05, 4.69) is 21.2 Å². The molecule has 2 aromatic carbocycles. The van der Waals surface area contributed by atoms with E-state index in [1.165, 1.54) is 4.90 Å². The van der Waals surface area contributed by atoms with Crippen LogP contribution in [0, 0.1) is 13.8 Å². The second kappa shape index (κ2) is 9.56. The lowest BCUT2D eigenvalue weighted by atomic mass is 10.1. The quantitative estimate of drug-likeness (QED) is 0.389. The predicted octanol–water partition coefficient (Wildman–Crippen LogP) is 4.14. The van der Waals surface area contributed by atoms with Crippen LogP contribution in [0.2, 0.25) is 0 Å². The van der Waals surface area contributed by atoms with Crippen LogP contribution in [-0.2, 0) is 20.9 Å². The topological polar surface area (TPSA) is 66.8 Å². The van der Waals surface area contributed by atoms with Gasteiger partial charge >= 0.3 is 0 Å². The molecule has 0 bridgehead atoms. The monoisotopic (exact) mass is 552 g/mol. The van der Waals surface area contributed by atoms with E-state index in [1.807, 2.05) is 65.9 Å². The molecule has 35 heavy (non-hydrogen) atoms. The van der Waals surface area contributed by atoms with Crippen molar-refractivity contribution in [3.63, 3.8) is 0 Å². The van der Waals surface area contributed by atoms with Crippen LogP contribution in [0.1, 0.15) is 16.7 Å². The van der Waals surface area contributed by atoms with Gasteiger partial charge in [-0.1, -0.05) is 22.0 Å². The molecule has 0 aliphatic carbocycles. The Hall–Kier alpha value is -3.01. The largest absolute Gasteiger partial charge is 0.378 e. The molecular formula is C26H25BrN4O3S. The van der Waals surface area contributed by atoms with E-state index in [4.69, 9.17) is 17.0 Å². The summed E-state index contributed by atoms with van der Waals surface area (Å²) in [6.45, 7) is 6.59. The van der Waals surface area contributed by atoms with Crippen molar-refractivity contribution < 1.29 is 14.3 Å². The molecule has 7 nitrogen and oxygen atoms in total. The second-order valence-electron chi connectivity index (χ2n) is 8.76. The van der Waals surface area contributed by atoms with E-state index in [-0.39, 0.29) is 18.4 Å². The first kappa shape index (κ1) is 23.7. The number of carbonyl (C=O) groups excluding carboxylic acids is 2. The first-order valence-electron chi connectivity index (χ1n) is 11.4. The zero-order valence-electron chi connectivity index (χ0n) is 19.5. The van der Waals surface area contributed by atoms with Crippen molar-refractivity contribution in [3.05, 3.63) is 69.5 Å². The first-order valence-corrected chi connectivity index (χ1v) is 12.6. The van der Waals surface area contributed by atoms with Crippen LogP contribution in [0.4, 0.5) is 5.69 Å². The number of amides is 2. The fraction of sp³-hybridized carbons (Fsp3) is 0.269. The Morgan fingerprint density at radius 2 is 1.91 bits per heavy atom. The molecule has 0 unspecified atom stereocenters. The van der Waals surface area contributed by atoms with Crippen molar-refractivity contribution in [2.24, 2.45) is 0 Å². The van der Waals surface area contributed by atoms with Gasteiger partial charge < -0.3 is 19.5 Å². The molecule has 3 aromatic rings. The Morgan fingerprint density at radius 1 is 1.14 bits per heavy atom. The third-order valence-electron chi connectivity index (χ3n) is 6.47. The average Bonchev–Trinajstić information content (AvgIpc) is 3.31. The van der Waals surface area contributed by atoms with Crippen molar-refractivity contribution in [1.29, 1.82) is 0 Å². The molecule has 2 aliphatic heterocycles. The number of nitrogens with one attached hydrogen (secondary N) is 1. The first-order chi connectivity index (χ1) is 16.8. The summed E-state index contributed by atoms with van der Waals surface area (Å²) in [6.07, 6.45) is 3.72. The number of nitrogens with zero attached hydrogens (tertiary/aromatic N) is 3. The van der Waals surface area contributed by atoms with Crippen LogP contribution in [-0.4, -0.2) is 52.7 Å². The maximum absolute atomic E-state index is 13.3. The summed E-state index contributed by atoms with van der Waals surface area (Å²) in [4.78, 5) is 29.6. The van der Waals surface area contributed by atoms with Crippen LogP contribution in [0.15, 0.2) is 52.8 Å². The Morgan fingerprint density at radius 3 is 2.66 bits per heavy atom. The summed E-state index contributed by atoms with van der Waals surface area (Å²) >= 11 is 9.05. The number of ether oxygens (including phenoxy) is 1. The zero-order chi connectivity index (χ0) is 24.7. The Balaban J connectivity index is 1.48. The molecule has 2 aliphatic rings. The van der Waals surface area contributed by atoms with Gasteiger partial charge in [0.15, 0.2) is 5.11 Å². The number of aromatic nitrogens is 1. The standard InChI is InChI=1S/C26H25BrN4O3S/c1-16-3-5-20(11-17(16)2)31-25(33)22(28-26(31)35)12-18-14-30(23-6-4-19(27)13-21(18)23)15-24(32)29-7-9-34-10-8-29/h3-6,11-14H,7-10,15H2,1-2H3,(H,28,35)/b22-12-. The molecule has 1 N–H and O–H groups in total. The van der Waals surface area contributed by atoms with Crippen LogP contribution < -0.4 is 10.2 Å². The molecule has 0 atom stereocenters. The lowest BCUT2D eigenvalue weighted by Gasteiger charge is -2.27. The summed E-state index contributed by atoms with van der Waals surface area (Å²) in [6, 6.07) is 11.8. The highest BCUT2D eigenvalue weighted by atomic mass is 79.9. The number of aryl methyl sites for hydroxylation is 2. The van der Waals surface area contributed by atoms with E-state index in [0.717, 1.165) is 37.8 Å². The van der Waals surface area contributed by atoms with Gasteiger partial charge in [0.05, 0.1) is 18.9 Å². The van der Waals surface area contributed by atoms with Gasteiger partial charge in [0.25, 0.3) is 5.91 Å². The molecule has 0 spiro atoms. The zero-order valence-corrected chi connectivity index (χ0v) is 21.9. The minimum absolute atomic E-state index is 0.0458. The van der Waals surface area contributed by atoms with Gasteiger partial charge in [-0.25, -0.2) is 0 Å². The van der Waals surface area contributed by atoms with Gasteiger partial charge in [-0.2, -0.15) is 0 Å². The van der Waals surface area contributed by atoms with E-state index < -0.39 is 0 Å². The summed E-state index contributed by atoms with van der Waals surface area (Å²) < 4.78 is 8.22. The second-order valence-corrected chi connectivity index (χ2v) is 10.1. The highest BCUT2D eigenvalue weighted by molar-refractivity contribution is 9.10. The third-order valence-corrected chi connectivity index (χ3v) is 7.25. The third kappa shape index (κ3) is 4.63. The fourth-order valence-electron chi connectivity index (χ4n) is 4.39. The predicted molar refractivity (Wildman–Crippen MR) is 144 cm³/mol. The maximum atomic E-state index is 13.3. The van der Waals surface area contributed by atoms with Gasteiger partial charge in [0.1, 0.15) is 12.2 Å². The molecule has 0 radical (unpaired) electrons. The van der Waals surface area contributed by atoms with E-state index in [9.17, 15) is 9.59 Å². The van der Waals surface area contributed by atoms with Crippen molar-refractivity contribution in [2.45, 2.75) is 20.4 Å². The molecule has 2 fully saturated rings. The van der Waals surface area contributed by atoms with E-state index in [1.54, 1.807) is 6.08 Å². The van der Waals surface area contributed by atoms with Crippen LogP contribution in [0.5, 0.6) is 0 Å². The number of hydrogen-bond acceptors (Lipinski definition) is 4. The highest BCUT2D eigenvalue weighted by Crippen LogP contribution is 2.29. The normalized spacial score (nSPS) is 17.5. The van der Waals surface area contributed by atoms with E-state index >= 15 is 0 Å². The number of morpholine rings is 1. The molecule has 180 valence electrons. The summed E-state index contributed by atoms with van der Waals surface area (Å²) in [5.41, 5.74) is 5.12. The summed E-state index contributed by atoms with van der Waals surface area (Å²) in [5, 5.41) is 4.36. The molecule has 1 aromatic heterocycles. The molecule has 3 heterocycles. The van der Waals surface area contributed by atoms with Gasteiger partial charge in [-0.05, 0) is 73.6 Å². The molecule has 9 heteroatoms. The van der Waals surface area contributed by atoms with Gasteiger partial charge in [0.2, 0.25) is 5.91 Å². The van der Waals surface area contributed by atoms with Crippen LogP contribution in [0.3, 0.4) is 0 Å². The number of halogens is 1. The maximum Gasteiger partial charge on any atom is 0.281 e. The number of anilines is 1. The van der Waals surface area contributed by atoms with Gasteiger partial charge in [-0.3, -0.25) is 14.5 Å². The van der Waals surface area contributed by atoms with Crippen molar-refractivity contribution in [1.82, 2.24) is 14.8 Å². The lowest BCUT2D eigenvalue weighted by Crippen LogP contribution is -2.42.